The van der Waals surface area contributed by atoms with Crippen molar-refractivity contribution in [2.75, 3.05) is 0 Å². The minimum absolute atomic E-state index is 0.103. The van der Waals surface area contributed by atoms with Crippen molar-refractivity contribution in [2.24, 2.45) is 5.10 Å². The summed E-state index contributed by atoms with van der Waals surface area (Å²) in [6.07, 6.45) is 2.57. The van der Waals surface area contributed by atoms with E-state index in [1.165, 1.54) is 4.68 Å². The third-order valence-corrected chi connectivity index (χ3v) is 6.90. The van der Waals surface area contributed by atoms with Gasteiger partial charge in [0, 0.05) is 25.2 Å². The molecule has 0 spiro atoms. The van der Waals surface area contributed by atoms with Crippen LogP contribution < -0.4 is 5.56 Å². The molecule has 0 amide bonds. The second-order valence-electron chi connectivity index (χ2n) is 7.43. The maximum absolute atomic E-state index is 13.2. The zero-order valence-corrected chi connectivity index (χ0v) is 20.8. The van der Waals surface area contributed by atoms with Crippen LogP contribution in [-0.2, 0) is 0 Å². The number of nitrogens with zero attached hydrogens (tertiary/aromatic N) is 3. The van der Waals surface area contributed by atoms with E-state index in [1.807, 2.05) is 60.7 Å². The SMILES string of the molecule is CC[C@@H](C)c1nc2ccc(Br)cc2c(=O)n1N=Cc1ccc(Sc2ccc(Cl)cc2)cc1. The highest BCUT2D eigenvalue weighted by molar-refractivity contribution is 9.10. The molecule has 0 aliphatic heterocycles. The summed E-state index contributed by atoms with van der Waals surface area (Å²) in [5, 5.41) is 5.79. The van der Waals surface area contributed by atoms with Crippen molar-refractivity contribution in [3.63, 3.8) is 0 Å². The number of fused-ring (bicyclic) bond motifs is 1. The molecule has 0 bridgehead atoms. The van der Waals surface area contributed by atoms with Crippen molar-refractivity contribution >= 4 is 56.4 Å². The third-order valence-electron chi connectivity index (χ3n) is 5.14. The van der Waals surface area contributed by atoms with E-state index in [9.17, 15) is 4.79 Å². The van der Waals surface area contributed by atoms with Crippen LogP contribution >= 0.6 is 39.3 Å². The van der Waals surface area contributed by atoms with Crippen LogP contribution in [0.5, 0.6) is 0 Å². The molecule has 0 aliphatic rings. The van der Waals surface area contributed by atoms with Crippen LogP contribution in [0.2, 0.25) is 5.02 Å². The molecule has 32 heavy (non-hydrogen) atoms. The Balaban J connectivity index is 1.64. The smallest absolute Gasteiger partial charge is 0.267 e. The van der Waals surface area contributed by atoms with Crippen LogP contribution in [0.3, 0.4) is 0 Å². The van der Waals surface area contributed by atoms with Crippen LogP contribution in [0.25, 0.3) is 10.9 Å². The summed E-state index contributed by atoms with van der Waals surface area (Å²) in [5.41, 5.74) is 1.42. The van der Waals surface area contributed by atoms with E-state index < -0.39 is 0 Å². The van der Waals surface area contributed by atoms with Gasteiger partial charge in [0.25, 0.3) is 5.56 Å². The number of hydrogen-bond donors (Lipinski definition) is 0. The summed E-state index contributed by atoms with van der Waals surface area (Å²) in [5.74, 6) is 0.768. The number of hydrogen-bond acceptors (Lipinski definition) is 4. The molecule has 0 saturated heterocycles. The van der Waals surface area contributed by atoms with Gasteiger partial charge < -0.3 is 0 Å². The second-order valence-corrected chi connectivity index (χ2v) is 9.93. The lowest BCUT2D eigenvalue weighted by atomic mass is 10.1. The molecule has 4 rings (SSSR count). The van der Waals surface area contributed by atoms with E-state index in [0.717, 1.165) is 31.3 Å². The molecule has 1 heterocycles. The van der Waals surface area contributed by atoms with Crippen molar-refractivity contribution in [3.05, 3.63) is 98.0 Å². The van der Waals surface area contributed by atoms with Gasteiger partial charge in [0.15, 0.2) is 0 Å². The Labute approximate surface area is 204 Å². The molecule has 0 radical (unpaired) electrons. The lowest BCUT2D eigenvalue weighted by Gasteiger charge is -2.14. The highest BCUT2D eigenvalue weighted by atomic mass is 79.9. The van der Waals surface area contributed by atoms with Crippen molar-refractivity contribution in [1.82, 2.24) is 9.66 Å². The molecule has 1 atom stereocenters. The molecule has 162 valence electrons. The van der Waals surface area contributed by atoms with Gasteiger partial charge in [-0.25, -0.2) is 4.98 Å². The average Bonchev–Trinajstić information content (AvgIpc) is 2.80. The fourth-order valence-corrected chi connectivity index (χ4v) is 4.47. The monoisotopic (exact) mass is 525 g/mol. The standard InChI is InChI=1S/C25H21BrClN3OS/c1-3-16(2)24-29-23-13-6-18(26)14-22(23)25(31)30(24)28-15-17-4-9-20(10-5-17)32-21-11-7-19(27)8-12-21/h4-16H,3H2,1-2H3/t16-/m1/s1. The first kappa shape index (κ1) is 22.8. The van der Waals surface area contributed by atoms with Gasteiger partial charge in [0.05, 0.1) is 17.1 Å². The fraction of sp³-hybridized carbons (Fsp3) is 0.160. The van der Waals surface area contributed by atoms with E-state index in [1.54, 1.807) is 24.0 Å². The molecule has 4 aromatic rings. The Morgan fingerprint density at radius 1 is 1.09 bits per heavy atom. The Morgan fingerprint density at radius 3 is 2.41 bits per heavy atom. The lowest BCUT2D eigenvalue weighted by Crippen LogP contribution is -2.23. The van der Waals surface area contributed by atoms with Gasteiger partial charge in [0.2, 0.25) is 0 Å². The summed E-state index contributed by atoms with van der Waals surface area (Å²) in [4.78, 5) is 20.2. The molecule has 0 N–H and O–H groups in total. The van der Waals surface area contributed by atoms with Gasteiger partial charge >= 0.3 is 0 Å². The number of aromatic nitrogens is 2. The molecule has 0 saturated carbocycles. The maximum Gasteiger partial charge on any atom is 0.282 e. The van der Waals surface area contributed by atoms with E-state index in [2.05, 4.69) is 34.9 Å². The molecule has 1 aromatic heterocycles. The Kier molecular flexibility index (Phi) is 7.13. The average molecular weight is 527 g/mol. The van der Waals surface area contributed by atoms with Crippen molar-refractivity contribution < 1.29 is 0 Å². The summed E-state index contributed by atoms with van der Waals surface area (Å²) < 4.78 is 2.27. The number of rotatable bonds is 6. The summed E-state index contributed by atoms with van der Waals surface area (Å²) >= 11 is 11.1. The lowest BCUT2D eigenvalue weighted by molar-refractivity contribution is 0.613. The molecule has 0 fully saturated rings. The van der Waals surface area contributed by atoms with E-state index in [0.29, 0.717) is 16.7 Å². The first-order chi connectivity index (χ1) is 15.4. The van der Waals surface area contributed by atoms with E-state index in [4.69, 9.17) is 16.6 Å². The highest BCUT2D eigenvalue weighted by Gasteiger charge is 2.15. The zero-order chi connectivity index (χ0) is 22.7. The highest BCUT2D eigenvalue weighted by Crippen LogP contribution is 2.28. The van der Waals surface area contributed by atoms with Gasteiger partial charge in [-0.05, 0) is 66.6 Å². The van der Waals surface area contributed by atoms with Crippen molar-refractivity contribution in [1.29, 1.82) is 0 Å². The Morgan fingerprint density at radius 2 is 1.75 bits per heavy atom. The minimum atomic E-state index is -0.169. The minimum Gasteiger partial charge on any atom is -0.267 e. The normalized spacial score (nSPS) is 12.5. The predicted molar refractivity (Wildman–Crippen MR) is 137 cm³/mol. The van der Waals surface area contributed by atoms with Crippen LogP contribution in [0.4, 0.5) is 0 Å². The first-order valence-electron chi connectivity index (χ1n) is 10.2. The first-order valence-corrected chi connectivity index (χ1v) is 12.2. The van der Waals surface area contributed by atoms with Gasteiger partial charge in [0.1, 0.15) is 5.82 Å². The summed E-state index contributed by atoms with van der Waals surface area (Å²) in [6, 6.07) is 21.4. The molecular weight excluding hydrogens is 506 g/mol. The van der Waals surface area contributed by atoms with Gasteiger partial charge in [-0.1, -0.05) is 65.3 Å². The quantitative estimate of drug-likeness (QED) is 0.247. The molecular formula is C25H21BrClN3OS. The van der Waals surface area contributed by atoms with Crippen LogP contribution in [0, 0.1) is 0 Å². The van der Waals surface area contributed by atoms with Crippen LogP contribution in [0.1, 0.15) is 37.6 Å². The van der Waals surface area contributed by atoms with Crippen molar-refractivity contribution in [2.45, 2.75) is 36.0 Å². The predicted octanol–water partition coefficient (Wildman–Crippen LogP) is 7.36. The molecule has 0 aliphatic carbocycles. The molecule has 3 aromatic carbocycles. The van der Waals surface area contributed by atoms with Crippen LogP contribution in [0.15, 0.2) is 90.9 Å². The Hall–Kier alpha value is -2.41. The molecule has 7 heteroatoms. The summed E-state index contributed by atoms with van der Waals surface area (Å²) in [6.45, 7) is 4.13. The third kappa shape index (κ3) is 5.14. The van der Waals surface area contributed by atoms with E-state index >= 15 is 0 Å². The van der Waals surface area contributed by atoms with Gasteiger partial charge in [-0.15, -0.1) is 0 Å². The maximum atomic E-state index is 13.2. The zero-order valence-electron chi connectivity index (χ0n) is 17.6. The van der Waals surface area contributed by atoms with Gasteiger partial charge in [-0.3, -0.25) is 4.79 Å². The van der Waals surface area contributed by atoms with E-state index in [-0.39, 0.29) is 11.5 Å². The number of benzene rings is 3. The largest absolute Gasteiger partial charge is 0.282 e. The Bertz CT molecular complexity index is 1330. The molecule has 4 nitrogen and oxygen atoms in total. The van der Waals surface area contributed by atoms with Crippen molar-refractivity contribution in [3.8, 4) is 0 Å². The molecule has 0 unspecified atom stereocenters. The second kappa shape index (κ2) is 10.0. The van der Waals surface area contributed by atoms with Crippen LogP contribution in [-0.4, -0.2) is 15.9 Å². The van der Waals surface area contributed by atoms with Gasteiger partial charge in [-0.2, -0.15) is 9.78 Å². The number of halogens is 2. The topological polar surface area (TPSA) is 47.2 Å². The fourth-order valence-electron chi connectivity index (χ4n) is 3.16. The summed E-state index contributed by atoms with van der Waals surface area (Å²) in [7, 11) is 0.